The smallest absolute Gasteiger partial charge is 0.270 e. The lowest BCUT2D eigenvalue weighted by molar-refractivity contribution is 0.0950. The molecule has 0 atom stereocenters. The van der Waals surface area contributed by atoms with Crippen molar-refractivity contribution < 1.29 is 19.1 Å². The summed E-state index contributed by atoms with van der Waals surface area (Å²) in [5.74, 6) is 0.389. The summed E-state index contributed by atoms with van der Waals surface area (Å²) < 4.78 is 10.3. The molecule has 0 saturated carbocycles. The first-order valence-corrected chi connectivity index (χ1v) is 7.73. The van der Waals surface area contributed by atoms with E-state index in [-0.39, 0.29) is 17.5 Å². The largest absolute Gasteiger partial charge is 0.497 e. The summed E-state index contributed by atoms with van der Waals surface area (Å²) in [5.41, 5.74) is 0.645. The second-order valence-corrected chi connectivity index (χ2v) is 5.31. The van der Waals surface area contributed by atoms with Crippen molar-refractivity contribution in [1.29, 1.82) is 0 Å². The predicted octanol–water partition coefficient (Wildman–Crippen LogP) is 2.16. The van der Waals surface area contributed by atoms with E-state index in [4.69, 9.17) is 9.47 Å². The fourth-order valence-electron chi connectivity index (χ4n) is 1.79. The molecule has 0 radical (unpaired) electrons. The standard InChI is InChI=1S/C15H17N3O4S/c1-4-16-14(20)12-8-23-15(17-12)18-13(19)9-5-10(21-2)7-11(6-9)22-3/h5-8H,4H2,1-3H3,(H,16,20)(H,17,18,19). The van der Waals surface area contributed by atoms with Crippen molar-refractivity contribution in [2.45, 2.75) is 6.92 Å². The molecular formula is C15H17N3O4S. The number of hydrogen-bond donors (Lipinski definition) is 2. The molecule has 0 aliphatic rings. The van der Waals surface area contributed by atoms with Crippen LogP contribution in [0.3, 0.4) is 0 Å². The van der Waals surface area contributed by atoms with Crippen molar-refractivity contribution in [1.82, 2.24) is 10.3 Å². The van der Waals surface area contributed by atoms with Crippen molar-refractivity contribution in [3.8, 4) is 11.5 Å². The van der Waals surface area contributed by atoms with Gasteiger partial charge in [-0.2, -0.15) is 0 Å². The average Bonchev–Trinajstić information content (AvgIpc) is 3.03. The van der Waals surface area contributed by atoms with Gasteiger partial charge in [0, 0.05) is 23.6 Å². The molecule has 1 aromatic carbocycles. The van der Waals surface area contributed by atoms with E-state index in [0.717, 1.165) is 0 Å². The molecule has 122 valence electrons. The molecule has 7 nitrogen and oxygen atoms in total. The number of benzene rings is 1. The Labute approximate surface area is 137 Å². The van der Waals surface area contributed by atoms with Crippen LogP contribution in [0.1, 0.15) is 27.8 Å². The molecule has 2 rings (SSSR count). The molecule has 23 heavy (non-hydrogen) atoms. The number of amides is 2. The van der Waals surface area contributed by atoms with E-state index < -0.39 is 0 Å². The summed E-state index contributed by atoms with van der Waals surface area (Å²) in [6, 6.07) is 4.86. The lowest BCUT2D eigenvalue weighted by Crippen LogP contribution is -2.23. The summed E-state index contributed by atoms with van der Waals surface area (Å²) in [6.45, 7) is 2.34. The lowest BCUT2D eigenvalue weighted by atomic mass is 10.2. The SMILES string of the molecule is CCNC(=O)c1csc(NC(=O)c2cc(OC)cc(OC)c2)n1. The van der Waals surface area contributed by atoms with Crippen molar-refractivity contribution in [2.24, 2.45) is 0 Å². The maximum atomic E-state index is 12.3. The van der Waals surface area contributed by atoms with Gasteiger partial charge >= 0.3 is 0 Å². The van der Waals surface area contributed by atoms with E-state index in [0.29, 0.717) is 28.7 Å². The van der Waals surface area contributed by atoms with Gasteiger partial charge in [0.2, 0.25) is 0 Å². The minimum atomic E-state index is -0.362. The van der Waals surface area contributed by atoms with Crippen molar-refractivity contribution in [2.75, 3.05) is 26.1 Å². The fourth-order valence-corrected chi connectivity index (χ4v) is 2.48. The number of thiazole rings is 1. The van der Waals surface area contributed by atoms with Gasteiger partial charge in [-0.15, -0.1) is 11.3 Å². The molecule has 0 aliphatic heterocycles. The predicted molar refractivity (Wildman–Crippen MR) is 87.6 cm³/mol. The number of ether oxygens (including phenoxy) is 2. The Hall–Kier alpha value is -2.61. The molecule has 2 N–H and O–H groups in total. The second kappa shape index (κ2) is 7.59. The summed E-state index contributed by atoms with van der Waals surface area (Å²) in [5, 5.41) is 7.24. The molecule has 0 aliphatic carbocycles. The van der Waals surface area contributed by atoms with Crippen LogP contribution < -0.4 is 20.1 Å². The summed E-state index contributed by atoms with van der Waals surface area (Å²) in [4.78, 5) is 28.1. The van der Waals surface area contributed by atoms with Crippen molar-refractivity contribution >= 4 is 28.3 Å². The van der Waals surface area contributed by atoms with E-state index in [1.807, 2.05) is 6.92 Å². The Kier molecular flexibility index (Phi) is 5.53. The molecule has 0 unspecified atom stereocenters. The Balaban J connectivity index is 2.14. The van der Waals surface area contributed by atoms with Crippen LogP contribution in [0.4, 0.5) is 5.13 Å². The molecule has 2 amide bonds. The van der Waals surface area contributed by atoms with Gasteiger partial charge in [-0.05, 0) is 19.1 Å². The van der Waals surface area contributed by atoms with Crippen LogP contribution in [-0.4, -0.2) is 37.6 Å². The van der Waals surface area contributed by atoms with Crippen LogP contribution >= 0.6 is 11.3 Å². The quantitative estimate of drug-likeness (QED) is 0.844. The molecule has 0 bridgehead atoms. The Morgan fingerprint density at radius 2 is 1.78 bits per heavy atom. The Bertz CT molecular complexity index is 692. The van der Waals surface area contributed by atoms with Crippen LogP contribution in [0.2, 0.25) is 0 Å². The van der Waals surface area contributed by atoms with Gasteiger partial charge in [-0.1, -0.05) is 0 Å². The Morgan fingerprint density at radius 3 is 2.35 bits per heavy atom. The highest BCUT2D eigenvalue weighted by Crippen LogP contribution is 2.24. The highest BCUT2D eigenvalue weighted by Gasteiger charge is 2.14. The maximum Gasteiger partial charge on any atom is 0.270 e. The maximum absolute atomic E-state index is 12.3. The molecule has 8 heteroatoms. The van der Waals surface area contributed by atoms with Gasteiger partial charge in [-0.3, -0.25) is 14.9 Å². The normalized spacial score (nSPS) is 10.0. The monoisotopic (exact) mass is 335 g/mol. The van der Waals surface area contributed by atoms with Crippen LogP contribution in [0.5, 0.6) is 11.5 Å². The number of rotatable bonds is 6. The third-order valence-corrected chi connectivity index (χ3v) is 3.67. The zero-order chi connectivity index (χ0) is 16.8. The van der Waals surface area contributed by atoms with Gasteiger partial charge in [0.1, 0.15) is 17.2 Å². The summed E-state index contributed by atoms with van der Waals surface area (Å²) >= 11 is 1.18. The molecule has 0 spiro atoms. The van der Waals surface area contributed by atoms with Crippen molar-refractivity contribution in [3.05, 3.63) is 34.8 Å². The molecule has 0 fully saturated rings. The summed E-state index contributed by atoms with van der Waals surface area (Å²) in [6.07, 6.45) is 0. The Morgan fingerprint density at radius 1 is 1.13 bits per heavy atom. The number of carbonyl (C=O) groups excluding carboxylic acids is 2. The van der Waals surface area contributed by atoms with Gasteiger partial charge in [0.15, 0.2) is 5.13 Å². The number of nitrogens with one attached hydrogen (secondary N) is 2. The minimum Gasteiger partial charge on any atom is -0.497 e. The van der Waals surface area contributed by atoms with Crippen LogP contribution in [0.15, 0.2) is 23.6 Å². The van der Waals surface area contributed by atoms with Crippen LogP contribution in [-0.2, 0) is 0 Å². The first-order chi connectivity index (χ1) is 11.1. The van der Waals surface area contributed by atoms with Crippen molar-refractivity contribution in [3.63, 3.8) is 0 Å². The fraction of sp³-hybridized carbons (Fsp3) is 0.267. The minimum absolute atomic E-state index is 0.271. The van der Waals surface area contributed by atoms with Gasteiger partial charge < -0.3 is 14.8 Å². The zero-order valence-electron chi connectivity index (χ0n) is 13.0. The molecule has 2 aromatic rings. The molecular weight excluding hydrogens is 318 g/mol. The number of hydrogen-bond acceptors (Lipinski definition) is 6. The zero-order valence-corrected chi connectivity index (χ0v) is 13.8. The van der Waals surface area contributed by atoms with Gasteiger partial charge in [0.05, 0.1) is 14.2 Å². The van der Waals surface area contributed by atoms with Crippen LogP contribution in [0, 0.1) is 0 Å². The number of nitrogens with zero attached hydrogens (tertiary/aromatic N) is 1. The topological polar surface area (TPSA) is 89.6 Å². The third-order valence-electron chi connectivity index (χ3n) is 2.91. The highest BCUT2D eigenvalue weighted by atomic mass is 32.1. The van der Waals surface area contributed by atoms with E-state index >= 15 is 0 Å². The second-order valence-electron chi connectivity index (χ2n) is 4.45. The third kappa shape index (κ3) is 4.19. The molecule has 1 heterocycles. The molecule has 0 saturated heterocycles. The average molecular weight is 335 g/mol. The lowest BCUT2D eigenvalue weighted by Gasteiger charge is -2.08. The first-order valence-electron chi connectivity index (χ1n) is 6.85. The van der Waals surface area contributed by atoms with E-state index in [1.165, 1.54) is 25.6 Å². The van der Waals surface area contributed by atoms with E-state index in [1.54, 1.807) is 23.6 Å². The van der Waals surface area contributed by atoms with Gasteiger partial charge in [-0.25, -0.2) is 4.98 Å². The first kappa shape index (κ1) is 16.8. The number of methoxy groups -OCH3 is 2. The number of carbonyl (C=O) groups is 2. The van der Waals surface area contributed by atoms with E-state index in [9.17, 15) is 9.59 Å². The van der Waals surface area contributed by atoms with Gasteiger partial charge in [0.25, 0.3) is 11.8 Å². The highest BCUT2D eigenvalue weighted by molar-refractivity contribution is 7.14. The summed E-state index contributed by atoms with van der Waals surface area (Å²) in [7, 11) is 3.02. The van der Waals surface area contributed by atoms with Crippen LogP contribution in [0.25, 0.3) is 0 Å². The van der Waals surface area contributed by atoms with E-state index in [2.05, 4.69) is 15.6 Å². The number of aromatic nitrogens is 1. The number of anilines is 1. The molecule has 1 aromatic heterocycles.